The van der Waals surface area contributed by atoms with Crippen LogP contribution in [0.3, 0.4) is 0 Å². The average molecular weight is 600 g/mol. The first-order valence-electron chi connectivity index (χ1n) is 14.0. The van der Waals surface area contributed by atoms with Gasteiger partial charge >= 0.3 is 6.18 Å². The molecule has 3 fully saturated rings. The highest BCUT2D eigenvalue weighted by molar-refractivity contribution is 6.01. The average Bonchev–Trinajstić information content (AvgIpc) is 3.73. The number of halogens is 5. The zero-order valence-corrected chi connectivity index (χ0v) is 22.7. The molecule has 2 saturated heterocycles. The largest absolute Gasteiger partial charge is 0.418 e. The monoisotopic (exact) mass is 599 g/mol. The Labute approximate surface area is 241 Å². The molecule has 1 atom stereocenters. The fourth-order valence-corrected chi connectivity index (χ4v) is 5.69. The molecule has 224 valence electrons. The quantitative estimate of drug-likeness (QED) is 0.320. The third-order valence-electron chi connectivity index (χ3n) is 8.14. The molecule has 1 aliphatic carbocycles. The third kappa shape index (κ3) is 5.10. The number of nitrogens with one attached hydrogen (secondary N) is 2. The van der Waals surface area contributed by atoms with Crippen LogP contribution in [0.25, 0.3) is 27.8 Å². The molecule has 7 rings (SSSR count). The highest BCUT2D eigenvalue weighted by Crippen LogP contribution is 2.42. The first-order valence-corrected chi connectivity index (χ1v) is 14.0. The Morgan fingerprint density at radius 3 is 2.56 bits per heavy atom. The lowest BCUT2D eigenvalue weighted by Crippen LogP contribution is -2.51. The van der Waals surface area contributed by atoms with E-state index in [0.29, 0.717) is 35.7 Å². The number of hydrogen-bond donors (Lipinski definition) is 2. The Bertz CT molecular complexity index is 1800. The molecule has 8 nitrogen and oxygen atoms in total. The van der Waals surface area contributed by atoms with E-state index in [1.54, 1.807) is 6.07 Å². The van der Waals surface area contributed by atoms with Gasteiger partial charge in [0, 0.05) is 35.4 Å². The van der Waals surface area contributed by atoms with Gasteiger partial charge in [-0.15, -0.1) is 0 Å². The molecular weight excluding hydrogens is 573 g/mol. The maximum absolute atomic E-state index is 14.4. The van der Waals surface area contributed by atoms with Gasteiger partial charge in [-0.25, -0.2) is 13.8 Å². The molecular formula is C30H26F5N5O3. The summed E-state index contributed by atoms with van der Waals surface area (Å²) in [7, 11) is 0. The number of morpholine rings is 1. The van der Waals surface area contributed by atoms with Crippen LogP contribution >= 0.6 is 0 Å². The molecule has 1 amide bonds. The number of fused-ring (bicyclic) bond motifs is 1. The summed E-state index contributed by atoms with van der Waals surface area (Å²) in [6, 6.07) is 7.65. The number of carbonyl (C=O) groups excluding carboxylic acids is 1. The minimum absolute atomic E-state index is 0.0132. The van der Waals surface area contributed by atoms with Crippen molar-refractivity contribution in [2.24, 2.45) is 0 Å². The Balaban J connectivity index is 1.40. The molecule has 3 aromatic heterocycles. The van der Waals surface area contributed by atoms with Crippen molar-refractivity contribution >= 4 is 16.8 Å². The summed E-state index contributed by atoms with van der Waals surface area (Å²) < 4.78 is 77.3. The number of likely N-dealkylation sites (tertiary alicyclic amines) is 1. The summed E-state index contributed by atoms with van der Waals surface area (Å²) in [4.78, 5) is 35.7. The van der Waals surface area contributed by atoms with Gasteiger partial charge in [0.2, 0.25) is 0 Å². The minimum atomic E-state index is -4.79. The normalized spacial score (nSPS) is 19.6. The Hall–Kier alpha value is -4.10. The lowest BCUT2D eigenvalue weighted by molar-refractivity contribution is -0.136. The van der Waals surface area contributed by atoms with E-state index in [1.165, 1.54) is 29.2 Å². The summed E-state index contributed by atoms with van der Waals surface area (Å²) in [5, 5.41) is 2.91. The van der Waals surface area contributed by atoms with Gasteiger partial charge in [-0.1, -0.05) is 6.07 Å². The van der Waals surface area contributed by atoms with E-state index in [4.69, 9.17) is 4.74 Å². The van der Waals surface area contributed by atoms with Gasteiger partial charge in [-0.05, 0) is 54.3 Å². The van der Waals surface area contributed by atoms with Crippen molar-refractivity contribution in [3.05, 3.63) is 81.3 Å². The predicted octanol–water partition coefficient (Wildman–Crippen LogP) is 4.87. The molecule has 0 radical (unpaired) electrons. The van der Waals surface area contributed by atoms with Crippen molar-refractivity contribution in [2.75, 3.05) is 32.8 Å². The minimum Gasteiger partial charge on any atom is -0.378 e. The number of ether oxygens (including phenoxy) is 1. The molecule has 1 aromatic carbocycles. The van der Waals surface area contributed by atoms with Crippen molar-refractivity contribution in [2.45, 2.75) is 37.1 Å². The van der Waals surface area contributed by atoms with Crippen LogP contribution in [-0.4, -0.2) is 64.4 Å². The van der Waals surface area contributed by atoms with Crippen LogP contribution in [0.5, 0.6) is 0 Å². The number of nitrogens with zero attached hydrogens (tertiary/aromatic N) is 3. The van der Waals surface area contributed by atoms with Crippen molar-refractivity contribution in [1.29, 1.82) is 0 Å². The van der Waals surface area contributed by atoms with Crippen molar-refractivity contribution in [3.63, 3.8) is 0 Å². The summed E-state index contributed by atoms with van der Waals surface area (Å²) in [5.41, 5.74) is -0.376. The maximum atomic E-state index is 14.4. The molecule has 0 bridgehead atoms. The van der Waals surface area contributed by atoms with Crippen LogP contribution in [0.4, 0.5) is 22.0 Å². The molecule has 5 heterocycles. The molecule has 1 saturated carbocycles. The third-order valence-corrected chi connectivity index (χ3v) is 8.14. The lowest BCUT2D eigenvalue weighted by atomic mass is 9.96. The second kappa shape index (κ2) is 10.3. The second-order valence-corrected chi connectivity index (χ2v) is 11.2. The first kappa shape index (κ1) is 27.7. The topological polar surface area (TPSA) is 92.2 Å². The molecule has 2 N–H and O–H groups in total. The van der Waals surface area contributed by atoms with E-state index in [0.717, 1.165) is 29.7 Å². The predicted molar refractivity (Wildman–Crippen MR) is 146 cm³/mol. The molecule has 1 unspecified atom stereocenters. The molecule has 43 heavy (non-hydrogen) atoms. The van der Waals surface area contributed by atoms with Crippen LogP contribution in [0.2, 0.25) is 0 Å². The fourth-order valence-electron chi connectivity index (χ4n) is 5.69. The van der Waals surface area contributed by atoms with Gasteiger partial charge in [0.1, 0.15) is 23.3 Å². The van der Waals surface area contributed by atoms with E-state index >= 15 is 0 Å². The van der Waals surface area contributed by atoms with Crippen LogP contribution in [-0.2, 0) is 10.9 Å². The number of carbonyl (C=O) groups is 1. The van der Waals surface area contributed by atoms with Crippen LogP contribution < -0.4 is 10.9 Å². The Morgan fingerprint density at radius 1 is 1.09 bits per heavy atom. The highest BCUT2D eigenvalue weighted by Gasteiger charge is 2.36. The van der Waals surface area contributed by atoms with E-state index in [-0.39, 0.29) is 47.9 Å². The maximum Gasteiger partial charge on any atom is 0.418 e. The van der Waals surface area contributed by atoms with Crippen LogP contribution in [0.1, 0.15) is 52.1 Å². The van der Waals surface area contributed by atoms with Crippen LogP contribution in [0, 0.1) is 5.82 Å². The molecule has 4 aromatic rings. The van der Waals surface area contributed by atoms with Gasteiger partial charge in [-0.2, -0.15) is 13.2 Å². The number of benzene rings is 1. The Kier molecular flexibility index (Phi) is 6.62. The van der Waals surface area contributed by atoms with Crippen molar-refractivity contribution in [3.8, 4) is 16.9 Å². The van der Waals surface area contributed by atoms with E-state index in [9.17, 15) is 31.5 Å². The smallest absolute Gasteiger partial charge is 0.378 e. The second-order valence-electron chi connectivity index (χ2n) is 11.2. The number of H-pyrrole nitrogens is 1. The zero-order chi connectivity index (χ0) is 30.0. The van der Waals surface area contributed by atoms with Crippen molar-refractivity contribution in [1.82, 2.24) is 24.8 Å². The zero-order valence-electron chi connectivity index (χ0n) is 22.7. The van der Waals surface area contributed by atoms with Gasteiger partial charge in [0.25, 0.3) is 11.5 Å². The molecule has 13 heteroatoms. The van der Waals surface area contributed by atoms with Gasteiger partial charge < -0.3 is 19.9 Å². The first-order chi connectivity index (χ1) is 20.6. The standard InChI is InChI=1S/C30H26F5N5O3/c31-17-3-4-19(20(9-17)28(41)39-11-18(32)12-39)16-7-23(15-1-2-15)37-26(8-16)40-13-22(30(33,34)35)21-10-24(38-27(21)29(40)42)25-14-43-6-5-36-25/h3-4,7-10,13,15,18,25,36,38H,1-2,5-6,11-12,14H2. The Morgan fingerprint density at radius 2 is 1.88 bits per heavy atom. The molecule has 0 spiro atoms. The lowest BCUT2D eigenvalue weighted by Gasteiger charge is -2.34. The van der Waals surface area contributed by atoms with Crippen LogP contribution in [0.15, 0.2) is 47.4 Å². The molecule has 2 aliphatic heterocycles. The summed E-state index contributed by atoms with van der Waals surface area (Å²) >= 11 is 0. The van der Waals surface area contributed by atoms with Gasteiger partial charge in [0.15, 0.2) is 0 Å². The fraction of sp³-hybridized carbons (Fsp3) is 0.367. The summed E-state index contributed by atoms with van der Waals surface area (Å²) in [6.07, 6.45) is -3.60. The van der Waals surface area contributed by atoms with E-state index in [1.807, 2.05) is 0 Å². The summed E-state index contributed by atoms with van der Waals surface area (Å²) in [5.74, 6) is -1.27. The number of alkyl halides is 4. The van der Waals surface area contributed by atoms with E-state index in [2.05, 4.69) is 15.3 Å². The highest BCUT2D eigenvalue weighted by atomic mass is 19.4. The summed E-state index contributed by atoms with van der Waals surface area (Å²) in [6.45, 7) is 0.994. The van der Waals surface area contributed by atoms with Gasteiger partial charge in [0.05, 0.1) is 43.5 Å². The number of pyridine rings is 2. The number of aromatic amines is 1. The van der Waals surface area contributed by atoms with Gasteiger partial charge in [-0.3, -0.25) is 14.2 Å². The number of aromatic nitrogens is 3. The van der Waals surface area contributed by atoms with Crippen molar-refractivity contribution < 1.29 is 31.5 Å². The number of rotatable bonds is 5. The molecule has 3 aliphatic rings. The number of amides is 1. The number of hydrogen-bond acceptors (Lipinski definition) is 5. The van der Waals surface area contributed by atoms with E-state index < -0.39 is 41.2 Å². The SMILES string of the molecule is O=C(c1cc(F)ccc1-c1cc(C2CC2)nc(-n2cc(C(F)(F)F)c3cc(C4COCCN4)[nH]c3c2=O)c1)N1CC(F)C1.